The molecule has 0 saturated carbocycles. The zero-order valence-electron chi connectivity index (χ0n) is 14.6. The minimum absolute atomic E-state index is 1.34. The Hall–Kier alpha value is -1.39. The van der Waals surface area contributed by atoms with Gasteiger partial charge in [0.05, 0.1) is 16.1 Å². The molecule has 0 saturated heterocycles. The van der Waals surface area contributed by atoms with Gasteiger partial charge in [0.1, 0.15) is 0 Å². The molecule has 0 N–H and O–H groups in total. The fourth-order valence-corrected chi connectivity index (χ4v) is 9.16. The topological polar surface area (TPSA) is 0 Å². The largest absolute Gasteiger partial charge is 0.0782 e. The summed E-state index contributed by atoms with van der Waals surface area (Å²) in [7, 11) is -2.74. The van der Waals surface area contributed by atoms with Gasteiger partial charge in [0.25, 0.3) is 0 Å². The van der Waals surface area contributed by atoms with Crippen LogP contribution in [0, 0.1) is 0 Å². The number of rotatable bonds is 2. The Balaban J connectivity index is 2.50. The van der Waals surface area contributed by atoms with E-state index in [2.05, 4.69) is 87.8 Å². The average Bonchev–Trinajstić information content (AvgIpc) is 2.43. The van der Waals surface area contributed by atoms with Crippen LogP contribution in [0.1, 0.15) is 0 Å². The van der Waals surface area contributed by atoms with Crippen LogP contribution >= 0.6 is 0 Å². The highest BCUT2D eigenvalue weighted by Gasteiger charge is 2.29. The summed E-state index contributed by atoms with van der Waals surface area (Å²) in [6.45, 7) is 14.9. The van der Waals surface area contributed by atoms with Crippen molar-refractivity contribution in [3.8, 4) is 0 Å². The molecule has 0 aromatic heterocycles. The molecule has 0 aliphatic rings. The van der Waals surface area contributed by atoms with Gasteiger partial charge < -0.3 is 0 Å². The van der Waals surface area contributed by atoms with Crippen molar-refractivity contribution in [3.63, 3.8) is 0 Å². The molecule has 114 valence electrons. The van der Waals surface area contributed by atoms with Crippen molar-refractivity contribution < 1.29 is 0 Å². The quantitative estimate of drug-likeness (QED) is 0.456. The summed E-state index contributed by atoms with van der Waals surface area (Å²) < 4.78 is 0. The van der Waals surface area contributed by atoms with Gasteiger partial charge in [0.15, 0.2) is 0 Å². The highest BCUT2D eigenvalue weighted by atomic mass is 28.3. The van der Waals surface area contributed by atoms with E-state index in [1.165, 1.54) is 21.5 Å². The predicted octanol–water partition coefficient (Wildman–Crippen LogP) is 5.08. The monoisotopic (exact) mass is 322 g/mol. The molecule has 0 atom stereocenters. The summed E-state index contributed by atoms with van der Waals surface area (Å²) in [5, 5.41) is 9.01. The lowest BCUT2D eigenvalue weighted by Gasteiger charge is -2.30. The average molecular weight is 323 g/mol. The summed E-state index contributed by atoms with van der Waals surface area (Å²) in [6.07, 6.45) is 0. The number of benzene rings is 3. The van der Waals surface area contributed by atoms with Crippen LogP contribution < -0.4 is 10.4 Å². The van der Waals surface area contributed by atoms with Crippen LogP contribution in [0.2, 0.25) is 39.3 Å². The maximum absolute atomic E-state index is 2.49. The molecule has 2 heteroatoms. The number of fused-ring (bicyclic) bond motifs is 3. The standard InChI is InChI=1S/C20H26Si2/c1-21(2,3)19-14-13-17-16-10-8-7-9-15(16)11-12-18(17)20(19)22(4,5)6/h7-14H,1-6H3. The van der Waals surface area contributed by atoms with Crippen molar-refractivity contribution in [1.82, 2.24) is 0 Å². The second kappa shape index (κ2) is 5.07. The molecule has 0 fully saturated rings. The Morgan fingerprint density at radius 1 is 0.545 bits per heavy atom. The Labute approximate surface area is 136 Å². The minimum Gasteiger partial charge on any atom is -0.0656 e. The van der Waals surface area contributed by atoms with Crippen LogP contribution in [-0.4, -0.2) is 16.1 Å². The molecular formula is C20H26Si2. The van der Waals surface area contributed by atoms with Gasteiger partial charge in [-0.05, 0) is 21.5 Å². The van der Waals surface area contributed by atoms with E-state index in [0.717, 1.165) is 0 Å². The van der Waals surface area contributed by atoms with Crippen LogP contribution in [0.25, 0.3) is 21.5 Å². The van der Waals surface area contributed by atoms with Crippen molar-refractivity contribution in [2.45, 2.75) is 39.3 Å². The van der Waals surface area contributed by atoms with Crippen molar-refractivity contribution >= 4 is 48.1 Å². The summed E-state index contributed by atoms with van der Waals surface area (Å²) >= 11 is 0. The molecule has 3 rings (SSSR count). The molecule has 0 aliphatic carbocycles. The van der Waals surface area contributed by atoms with Crippen LogP contribution in [0.15, 0.2) is 48.5 Å². The molecule has 0 radical (unpaired) electrons. The lowest BCUT2D eigenvalue weighted by atomic mass is 10.0. The van der Waals surface area contributed by atoms with Crippen molar-refractivity contribution in [2.24, 2.45) is 0 Å². The molecule has 3 aromatic carbocycles. The zero-order valence-corrected chi connectivity index (χ0v) is 16.6. The van der Waals surface area contributed by atoms with Gasteiger partial charge in [-0.15, -0.1) is 0 Å². The molecule has 0 nitrogen and oxygen atoms in total. The van der Waals surface area contributed by atoms with Gasteiger partial charge in [-0.1, -0.05) is 98.2 Å². The molecule has 22 heavy (non-hydrogen) atoms. The smallest absolute Gasteiger partial charge is 0.0656 e. The summed E-state index contributed by atoms with van der Waals surface area (Å²) in [4.78, 5) is 0. The summed E-state index contributed by atoms with van der Waals surface area (Å²) in [5.41, 5.74) is 0. The first kappa shape index (κ1) is 15.5. The van der Waals surface area contributed by atoms with Gasteiger partial charge >= 0.3 is 0 Å². The second-order valence-electron chi connectivity index (χ2n) is 8.37. The third-order valence-corrected chi connectivity index (χ3v) is 8.81. The van der Waals surface area contributed by atoms with Gasteiger partial charge in [0.2, 0.25) is 0 Å². The van der Waals surface area contributed by atoms with Crippen molar-refractivity contribution in [2.75, 3.05) is 0 Å². The van der Waals surface area contributed by atoms with Crippen LogP contribution in [-0.2, 0) is 0 Å². The highest BCUT2D eigenvalue weighted by molar-refractivity contribution is 6.99. The fraction of sp³-hybridized carbons (Fsp3) is 0.300. The second-order valence-corrected chi connectivity index (χ2v) is 18.4. The Kier molecular flexibility index (Phi) is 3.57. The maximum atomic E-state index is 2.49. The van der Waals surface area contributed by atoms with E-state index in [4.69, 9.17) is 0 Å². The van der Waals surface area contributed by atoms with E-state index >= 15 is 0 Å². The predicted molar refractivity (Wildman–Crippen MR) is 107 cm³/mol. The molecule has 3 aromatic rings. The first-order valence-electron chi connectivity index (χ1n) is 8.15. The van der Waals surface area contributed by atoms with E-state index in [0.29, 0.717) is 0 Å². The van der Waals surface area contributed by atoms with Crippen LogP contribution in [0.3, 0.4) is 0 Å². The van der Waals surface area contributed by atoms with E-state index < -0.39 is 16.1 Å². The van der Waals surface area contributed by atoms with Gasteiger partial charge in [-0.3, -0.25) is 0 Å². The molecular weight excluding hydrogens is 296 g/mol. The Morgan fingerprint density at radius 3 is 1.82 bits per heavy atom. The van der Waals surface area contributed by atoms with Gasteiger partial charge in [-0.2, -0.15) is 0 Å². The highest BCUT2D eigenvalue weighted by Crippen LogP contribution is 2.26. The normalized spacial score (nSPS) is 13.0. The molecule has 0 amide bonds. The fourth-order valence-electron chi connectivity index (χ4n) is 3.52. The third kappa shape index (κ3) is 2.55. The lowest BCUT2D eigenvalue weighted by Crippen LogP contribution is -2.56. The molecule has 0 bridgehead atoms. The van der Waals surface area contributed by atoms with Crippen molar-refractivity contribution in [1.29, 1.82) is 0 Å². The number of hydrogen-bond acceptors (Lipinski definition) is 0. The number of hydrogen-bond donors (Lipinski definition) is 0. The van der Waals surface area contributed by atoms with E-state index in [1.807, 2.05) is 0 Å². The van der Waals surface area contributed by atoms with E-state index in [9.17, 15) is 0 Å². The molecule has 0 heterocycles. The Bertz CT molecular complexity index is 849. The zero-order chi connectivity index (χ0) is 16.1. The van der Waals surface area contributed by atoms with E-state index in [-0.39, 0.29) is 0 Å². The third-order valence-electron chi connectivity index (χ3n) is 4.48. The first-order valence-corrected chi connectivity index (χ1v) is 15.1. The van der Waals surface area contributed by atoms with Crippen molar-refractivity contribution in [3.05, 3.63) is 48.5 Å². The SMILES string of the molecule is C[Si](C)(C)c1ccc2c(ccc3ccccc32)c1[Si](C)(C)C. The molecule has 0 aliphatic heterocycles. The summed E-state index contributed by atoms with van der Waals surface area (Å²) in [6, 6.07) is 18.2. The summed E-state index contributed by atoms with van der Waals surface area (Å²) in [5.74, 6) is 0. The minimum atomic E-state index is -1.40. The van der Waals surface area contributed by atoms with Crippen LogP contribution in [0.5, 0.6) is 0 Å². The van der Waals surface area contributed by atoms with E-state index in [1.54, 1.807) is 10.4 Å². The first-order chi connectivity index (χ1) is 10.2. The lowest BCUT2D eigenvalue weighted by molar-refractivity contribution is 1.69. The maximum Gasteiger partial charge on any atom is 0.0782 e. The van der Waals surface area contributed by atoms with Gasteiger partial charge in [-0.25, -0.2) is 0 Å². The Morgan fingerprint density at radius 2 is 1.18 bits per heavy atom. The molecule has 0 spiro atoms. The molecule has 0 unspecified atom stereocenters. The van der Waals surface area contributed by atoms with Gasteiger partial charge in [0, 0.05) is 0 Å². The van der Waals surface area contributed by atoms with Crippen LogP contribution in [0.4, 0.5) is 0 Å².